The Balaban J connectivity index is 1.56. The van der Waals surface area contributed by atoms with Gasteiger partial charge in [0.1, 0.15) is 12.7 Å². The Morgan fingerprint density at radius 2 is 1.95 bits per heavy atom. The number of nitrogens with one attached hydrogen (secondary N) is 1. The summed E-state index contributed by atoms with van der Waals surface area (Å²) < 4.78 is 9.91. The molecule has 1 saturated carbocycles. The van der Waals surface area contributed by atoms with Crippen LogP contribution >= 0.6 is 0 Å². The van der Waals surface area contributed by atoms with Crippen LogP contribution in [0.1, 0.15) is 18.4 Å². The lowest BCUT2D eigenvalue weighted by atomic mass is 9.82. The zero-order valence-corrected chi connectivity index (χ0v) is 11.1. The van der Waals surface area contributed by atoms with E-state index >= 15 is 0 Å². The van der Waals surface area contributed by atoms with Crippen molar-refractivity contribution >= 4 is 12.2 Å². The van der Waals surface area contributed by atoms with E-state index in [1.807, 2.05) is 30.3 Å². The highest BCUT2D eigenvalue weighted by Gasteiger charge is 2.31. The molecule has 6 nitrogen and oxygen atoms in total. The maximum absolute atomic E-state index is 11.5. The highest BCUT2D eigenvalue weighted by atomic mass is 16.6. The summed E-state index contributed by atoms with van der Waals surface area (Å²) >= 11 is 0. The normalized spacial score (nSPS) is 20.6. The van der Waals surface area contributed by atoms with Gasteiger partial charge < -0.3 is 20.5 Å². The van der Waals surface area contributed by atoms with E-state index in [-0.39, 0.29) is 12.7 Å². The summed E-state index contributed by atoms with van der Waals surface area (Å²) in [6.45, 7) is 0.775. The molecule has 0 aromatic heterocycles. The molecule has 3 N–H and O–H groups in total. The number of hydrogen-bond donors (Lipinski definition) is 2. The Kier molecular flexibility index (Phi) is 4.81. The van der Waals surface area contributed by atoms with Crippen molar-refractivity contribution in [2.45, 2.75) is 25.6 Å². The third-order valence-corrected chi connectivity index (χ3v) is 3.22. The van der Waals surface area contributed by atoms with Crippen LogP contribution < -0.4 is 11.1 Å². The monoisotopic (exact) mass is 278 g/mol. The lowest BCUT2D eigenvalue weighted by Gasteiger charge is -2.33. The molecule has 0 saturated heterocycles. The molecule has 6 heteroatoms. The molecule has 1 aromatic rings. The molecule has 0 bridgehead atoms. The third kappa shape index (κ3) is 4.46. The number of alkyl carbamates (subject to hydrolysis) is 1. The molecule has 0 unspecified atom stereocenters. The molecule has 0 atom stereocenters. The Morgan fingerprint density at radius 1 is 1.25 bits per heavy atom. The molecule has 2 amide bonds. The number of benzene rings is 1. The van der Waals surface area contributed by atoms with Crippen molar-refractivity contribution in [3.8, 4) is 0 Å². The fraction of sp³-hybridized carbons (Fsp3) is 0.429. The Labute approximate surface area is 117 Å². The highest BCUT2D eigenvalue weighted by molar-refractivity contribution is 5.67. The van der Waals surface area contributed by atoms with Gasteiger partial charge in [-0.15, -0.1) is 0 Å². The molecule has 2 rings (SSSR count). The average molecular weight is 278 g/mol. The first-order chi connectivity index (χ1) is 9.63. The predicted molar refractivity (Wildman–Crippen MR) is 71.8 cm³/mol. The first-order valence-electron chi connectivity index (χ1n) is 6.54. The van der Waals surface area contributed by atoms with Gasteiger partial charge in [0, 0.05) is 6.54 Å². The molecule has 1 aliphatic rings. The quantitative estimate of drug-likeness (QED) is 0.859. The SMILES string of the molecule is NC(=O)OC1CC(CNC(=O)OCc2ccccc2)C1. The standard InChI is InChI=1S/C14H18N2O4/c15-13(17)20-12-6-11(7-12)8-16-14(18)19-9-10-4-2-1-3-5-10/h1-5,11-12H,6-9H2,(H2,15,17)(H,16,18). The second-order valence-electron chi connectivity index (χ2n) is 4.84. The van der Waals surface area contributed by atoms with Crippen LogP contribution in [-0.4, -0.2) is 24.8 Å². The second-order valence-corrected chi connectivity index (χ2v) is 4.84. The van der Waals surface area contributed by atoms with Gasteiger partial charge in [-0.3, -0.25) is 0 Å². The summed E-state index contributed by atoms with van der Waals surface area (Å²) in [6.07, 6.45) is 0.153. The topological polar surface area (TPSA) is 90.7 Å². The molecule has 1 aromatic carbocycles. The summed E-state index contributed by atoms with van der Waals surface area (Å²) in [5.41, 5.74) is 5.86. The average Bonchev–Trinajstić information content (AvgIpc) is 2.39. The first kappa shape index (κ1) is 14.2. The van der Waals surface area contributed by atoms with Gasteiger partial charge in [-0.2, -0.15) is 0 Å². The van der Waals surface area contributed by atoms with Crippen molar-refractivity contribution in [3.05, 3.63) is 35.9 Å². The van der Waals surface area contributed by atoms with E-state index in [0.717, 1.165) is 18.4 Å². The van der Waals surface area contributed by atoms with Crippen LogP contribution in [-0.2, 0) is 16.1 Å². The molecule has 0 radical (unpaired) electrons. The largest absolute Gasteiger partial charge is 0.446 e. The molecule has 1 fully saturated rings. The van der Waals surface area contributed by atoms with Crippen molar-refractivity contribution in [2.24, 2.45) is 11.7 Å². The molecular formula is C14H18N2O4. The highest BCUT2D eigenvalue weighted by Crippen LogP contribution is 2.29. The molecule has 20 heavy (non-hydrogen) atoms. The van der Waals surface area contributed by atoms with E-state index in [1.54, 1.807) is 0 Å². The summed E-state index contributed by atoms with van der Waals surface area (Å²) in [5, 5.41) is 2.70. The second kappa shape index (κ2) is 6.79. The van der Waals surface area contributed by atoms with Gasteiger partial charge in [-0.1, -0.05) is 30.3 Å². The van der Waals surface area contributed by atoms with Crippen LogP contribution in [0.4, 0.5) is 9.59 Å². The zero-order chi connectivity index (χ0) is 14.4. The number of carbonyl (C=O) groups is 2. The number of primary amides is 1. The van der Waals surface area contributed by atoms with E-state index in [4.69, 9.17) is 15.2 Å². The Bertz CT molecular complexity index is 458. The minimum absolute atomic E-state index is 0.111. The predicted octanol–water partition coefficient (Wildman–Crippen LogP) is 1.79. The minimum atomic E-state index is -0.747. The molecule has 108 valence electrons. The maximum atomic E-state index is 11.5. The zero-order valence-electron chi connectivity index (χ0n) is 11.1. The van der Waals surface area contributed by atoms with Crippen molar-refractivity contribution in [1.29, 1.82) is 0 Å². The Morgan fingerprint density at radius 3 is 2.60 bits per heavy atom. The van der Waals surface area contributed by atoms with Gasteiger partial charge in [0.25, 0.3) is 0 Å². The first-order valence-corrected chi connectivity index (χ1v) is 6.54. The van der Waals surface area contributed by atoms with Crippen LogP contribution in [0.2, 0.25) is 0 Å². The van der Waals surface area contributed by atoms with Crippen molar-refractivity contribution in [3.63, 3.8) is 0 Å². The van der Waals surface area contributed by atoms with Crippen LogP contribution in [0.25, 0.3) is 0 Å². The van der Waals surface area contributed by atoms with Crippen LogP contribution in [0, 0.1) is 5.92 Å². The summed E-state index contributed by atoms with van der Waals surface area (Å²) in [6, 6.07) is 9.48. The number of nitrogens with two attached hydrogens (primary N) is 1. The van der Waals surface area contributed by atoms with E-state index in [2.05, 4.69) is 5.32 Å². The number of rotatable bonds is 5. The van der Waals surface area contributed by atoms with Gasteiger partial charge in [0.05, 0.1) is 0 Å². The fourth-order valence-electron chi connectivity index (χ4n) is 2.10. The maximum Gasteiger partial charge on any atom is 0.407 e. The van der Waals surface area contributed by atoms with E-state index in [0.29, 0.717) is 12.5 Å². The minimum Gasteiger partial charge on any atom is -0.446 e. The van der Waals surface area contributed by atoms with E-state index < -0.39 is 12.2 Å². The lowest BCUT2D eigenvalue weighted by molar-refractivity contribution is 0.0220. The van der Waals surface area contributed by atoms with Gasteiger partial charge in [-0.25, -0.2) is 9.59 Å². The number of hydrogen-bond acceptors (Lipinski definition) is 4. The van der Waals surface area contributed by atoms with Gasteiger partial charge in [0.2, 0.25) is 0 Å². The molecule has 0 spiro atoms. The molecule has 0 aliphatic heterocycles. The number of ether oxygens (including phenoxy) is 2. The molecule has 0 heterocycles. The summed E-state index contributed by atoms with van der Waals surface area (Å²) in [4.78, 5) is 22.0. The number of carbonyl (C=O) groups excluding carboxylic acids is 2. The van der Waals surface area contributed by atoms with Gasteiger partial charge in [-0.05, 0) is 24.3 Å². The molecule has 1 aliphatic carbocycles. The van der Waals surface area contributed by atoms with E-state index in [1.165, 1.54) is 0 Å². The summed E-state index contributed by atoms with van der Waals surface area (Å²) in [7, 11) is 0. The van der Waals surface area contributed by atoms with E-state index in [9.17, 15) is 9.59 Å². The van der Waals surface area contributed by atoms with Crippen LogP contribution in [0.5, 0.6) is 0 Å². The van der Waals surface area contributed by atoms with Crippen LogP contribution in [0.3, 0.4) is 0 Å². The van der Waals surface area contributed by atoms with Crippen LogP contribution in [0.15, 0.2) is 30.3 Å². The lowest BCUT2D eigenvalue weighted by Crippen LogP contribution is -2.41. The smallest absolute Gasteiger partial charge is 0.407 e. The van der Waals surface area contributed by atoms with Gasteiger partial charge >= 0.3 is 12.2 Å². The summed E-state index contributed by atoms with van der Waals surface area (Å²) in [5.74, 6) is 0.309. The van der Waals surface area contributed by atoms with Crippen molar-refractivity contribution < 1.29 is 19.1 Å². The third-order valence-electron chi connectivity index (χ3n) is 3.22. The molecular weight excluding hydrogens is 260 g/mol. The number of amides is 2. The fourth-order valence-corrected chi connectivity index (χ4v) is 2.10. The van der Waals surface area contributed by atoms with Gasteiger partial charge in [0.15, 0.2) is 0 Å². The van der Waals surface area contributed by atoms with Crippen molar-refractivity contribution in [1.82, 2.24) is 5.32 Å². The Hall–Kier alpha value is -2.24. The van der Waals surface area contributed by atoms with Crippen molar-refractivity contribution in [2.75, 3.05) is 6.54 Å².